The Labute approximate surface area is 118 Å². The fourth-order valence-corrected chi connectivity index (χ4v) is 5.22. The van der Waals surface area contributed by atoms with Crippen molar-refractivity contribution in [1.82, 2.24) is 4.31 Å². The monoisotopic (exact) mass is 303 g/mol. The number of alkyl halides is 1. The molecule has 1 aliphatic carbocycles. The summed E-state index contributed by atoms with van der Waals surface area (Å²) in [6.45, 7) is 0.612. The Bertz CT molecular complexity index is 554. The lowest BCUT2D eigenvalue weighted by Crippen LogP contribution is -2.45. The number of halogens is 1. The number of piperidine rings is 1. The normalized spacial score (nSPS) is 28.5. The molecule has 2 aliphatic rings. The van der Waals surface area contributed by atoms with Crippen molar-refractivity contribution in [1.29, 1.82) is 0 Å². The molecule has 0 radical (unpaired) electrons. The zero-order valence-electron chi connectivity index (χ0n) is 10.7. The molecule has 4 nitrogen and oxygen atoms in total. The second-order valence-corrected chi connectivity index (χ2v) is 7.46. The van der Waals surface area contributed by atoms with E-state index in [2.05, 4.69) is 0 Å². The lowest BCUT2D eigenvalue weighted by molar-refractivity contribution is 0.198. The summed E-state index contributed by atoms with van der Waals surface area (Å²) < 4.78 is 32.3. The molecule has 2 unspecified atom stereocenters. The molecule has 2 heterocycles. The summed E-state index contributed by atoms with van der Waals surface area (Å²) in [6.07, 6.45) is 5.37. The number of fused-ring (bicyclic) bond motifs is 1. The van der Waals surface area contributed by atoms with E-state index in [-0.39, 0.29) is 17.0 Å². The Balaban J connectivity index is 1.90. The molecule has 1 aromatic heterocycles. The standard InChI is InChI=1S/C13H18ClNO3S/c14-9-11-6-7-13(18-11)19(16,17)15-8-2-4-10-3-1-5-12(10)15/h6-7,10,12H,1-5,8-9H2. The summed E-state index contributed by atoms with van der Waals surface area (Å²) in [7, 11) is -3.50. The van der Waals surface area contributed by atoms with Gasteiger partial charge in [-0.1, -0.05) is 6.42 Å². The van der Waals surface area contributed by atoms with E-state index in [1.165, 1.54) is 6.07 Å². The van der Waals surface area contributed by atoms with E-state index in [0.717, 1.165) is 32.1 Å². The fourth-order valence-electron chi connectivity index (χ4n) is 3.39. The second kappa shape index (κ2) is 5.11. The van der Waals surface area contributed by atoms with Gasteiger partial charge >= 0.3 is 0 Å². The smallest absolute Gasteiger partial charge is 0.276 e. The van der Waals surface area contributed by atoms with Crippen LogP contribution in [0.5, 0.6) is 0 Å². The third-order valence-corrected chi connectivity index (χ3v) is 6.34. The molecule has 2 atom stereocenters. The van der Waals surface area contributed by atoms with E-state index in [9.17, 15) is 8.42 Å². The van der Waals surface area contributed by atoms with Gasteiger partial charge in [0.2, 0.25) is 5.09 Å². The third kappa shape index (κ3) is 2.32. The topological polar surface area (TPSA) is 50.5 Å². The van der Waals surface area contributed by atoms with Gasteiger partial charge in [0.1, 0.15) is 5.76 Å². The van der Waals surface area contributed by atoms with Crippen LogP contribution < -0.4 is 0 Å². The minimum absolute atomic E-state index is 0.0377. The highest BCUT2D eigenvalue weighted by Gasteiger charge is 2.42. The molecule has 0 bridgehead atoms. The Morgan fingerprint density at radius 1 is 1.26 bits per heavy atom. The highest BCUT2D eigenvalue weighted by atomic mass is 35.5. The third-order valence-electron chi connectivity index (χ3n) is 4.27. The number of furan rings is 1. The molecule has 0 spiro atoms. The predicted octanol–water partition coefficient (Wildman–Crippen LogP) is 2.97. The molecule has 2 fully saturated rings. The van der Waals surface area contributed by atoms with Crippen molar-refractivity contribution >= 4 is 21.6 Å². The molecule has 3 rings (SSSR count). The zero-order chi connectivity index (χ0) is 13.5. The first-order valence-electron chi connectivity index (χ1n) is 6.79. The first kappa shape index (κ1) is 13.5. The van der Waals surface area contributed by atoms with Crippen molar-refractivity contribution in [2.75, 3.05) is 6.54 Å². The van der Waals surface area contributed by atoms with Crippen LogP contribution >= 0.6 is 11.6 Å². The van der Waals surface area contributed by atoms with Crippen molar-refractivity contribution in [2.45, 2.75) is 49.1 Å². The van der Waals surface area contributed by atoms with E-state index >= 15 is 0 Å². The zero-order valence-corrected chi connectivity index (χ0v) is 12.3. The van der Waals surface area contributed by atoms with Crippen LogP contribution in [0.3, 0.4) is 0 Å². The molecule has 1 saturated heterocycles. The Hall–Kier alpha value is -0.520. The van der Waals surface area contributed by atoms with Gasteiger partial charge in [-0.3, -0.25) is 0 Å². The lowest BCUT2D eigenvalue weighted by atomic mass is 9.94. The van der Waals surface area contributed by atoms with Gasteiger partial charge < -0.3 is 4.42 Å². The highest BCUT2D eigenvalue weighted by Crippen LogP contribution is 2.39. The van der Waals surface area contributed by atoms with Crippen LogP contribution in [0.25, 0.3) is 0 Å². The average molecular weight is 304 g/mol. The van der Waals surface area contributed by atoms with Crippen molar-refractivity contribution in [3.05, 3.63) is 17.9 Å². The minimum Gasteiger partial charge on any atom is -0.447 e. The molecule has 106 valence electrons. The van der Waals surface area contributed by atoms with E-state index in [4.69, 9.17) is 16.0 Å². The molecule has 1 aromatic rings. The van der Waals surface area contributed by atoms with E-state index in [1.807, 2.05) is 0 Å². The molecule has 1 aliphatic heterocycles. The van der Waals surface area contributed by atoms with Gasteiger partial charge in [0, 0.05) is 12.6 Å². The summed E-state index contributed by atoms with van der Waals surface area (Å²) in [5, 5.41) is 0.0377. The number of hydrogen-bond acceptors (Lipinski definition) is 3. The molecule has 19 heavy (non-hydrogen) atoms. The van der Waals surface area contributed by atoms with E-state index in [0.29, 0.717) is 18.2 Å². The van der Waals surface area contributed by atoms with E-state index < -0.39 is 10.0 Å². The van der Waals surface area contributed by atoms with Crippen molar-refractivity contribution < 1.29 is 12.8 Å². The second-order valence-electron chi connectivity index (χ2n) is 5.37. The molecule has 0 N–H and O–H groups in total. The maximum Gasteiger partial charge on any atom is 0.276 e. The van der Waals surface area contributed by atoms with Crippen LogP contribution in [0.15, 0.2) is 21.6 Å². The summed E-state index contributed by atoms with van der Waals surface area (Å²) in [5.41, 5.74) is 0. The highest BCUT2D eigenvalue weighted by molar-refractivity contribution is 7.89. The van der Waals surface area contributed by atoms with Crippen LogP contribution in [0.4, 0.5) is 0 Å². The van der Waals surface area contributed by atoms with Gasteiger partial charge in [-0.15, -0.1) is 11.6 Å². The maximum atomic E-state index is 12.6. The van der Waals surface area contributed by atoms with Gasteiger partial charge in [0.05, 0.1) is 5.88 Å². The molecule has 0 amide bonds. The average Bonchev–Trinajstić information content (AvgIpc) is 3.06. The van der Waals surface area contributed by atoms with Gasteiger partial charge in [-0.25, -0.2) is 8.42 Å². The summed E-state index contributed by atoms with van der Waals surface area (Å²) in [5.74, 6) is 1.23. The quantitative estimate of drug-likeness (QED) is 0.807. The number of hydrogen-bond donors (Lipinski definition) is 0. The van der Waals surface area contributed by atoms with Crippen LogP contribution in [0, 0.1) is 5.92 Å². The number of rotatable bonds is 3. The molecular formula is C13H18ClNO3S. The molecular weight excluding hydrogens is 286 g/mol. The molecule has 0 aromatic carbocycles. The number of nitrogens with zero attached hydrogens (tertiary/aromatic N) is 1. The molecule has 1 saturated carbocycles. The predicted molar refractivity (Wildman–Crippen MR) is 72.5 cm³/mol. The summed E-state index contributed by atoms with van der Waals surface area (Å²) >= 11 is 5.66. The van der Waals surface area contributed by atoms with Crippen LogP contribution in [-0.2, 0) is 15.9 Å². The Morgan fingerprint density at radius 2 is 2.05 bits per heavy atom. The van der Waals surface area contributed by atoms with Crippen LogP contribution in [0.2, 0.25) is 0 Å². The Kier molecular flexibility index (Phi) is 3.62. The van der Waals surface area contributed by atoms with Crippen molar-refractivity contribution in [2.24, 2.45) is 5.92 Å². The molecule has 6 heteroatoms. The summed E-state index contributed by atoms with van der Waals surface area (Å²) in [4.78, 5) is 0. The van der Waals surface area contributed by atoms with Crippen molar-refractivity contribution in [3.8, 4) is 0 Å². The van der Waals surface area contributed by atoms with Gasteiger partial charge in [0.25, 0.3) is 10.0 Å². The maximum absolute atomic E-state index is 12.6. The van der Waals surface area contributed by atoms with Gasteiger partial charge in [0.15, 0.2) is 0 Å². The van der Waals surface area contributed by atoms with Crippen molar-refractivity contribution in [3.63, 3.8) is 0 Å². The lowest BCUT2D eigenvalue weighted by Gasteiger charge is -2.35. The first-order valence-corrected chi connectivity index (χ1v) is 8.77. The summed E-state index contributed by atoms with van der Waals surface area (Å²) in [6, 6.07) is 3.32. The van der Waals surface area contributed by atoms with Gasteiger partial charge in [-0.05, 0) is 43.7 Å². The SMILES string of the molecule is O=S(=O)(c1ccc(CCl)o1)N1CCCC2CCCC21. The van der Waals surface area contributed by atoms with E-state index in [1.54, 1.807) is 10.4 Å². The number of sulfonamides is 1. The Morgan fingerprint density at radius 3 is 2.79 bits per heavy atom. The fraction of sp³-hybridized carbons (Fsp3) is 0.692. The van der Waals surface area contributed by atoms with Crippen LogP contribution in [-0.4, -0.2) is 25.3 Å². The first-order chi connectivity index (χ1) is 9.13. The largest absolute Gasteiger partial charge is 0.447 e. The minimum atomic E-state index is -3.50. The van der Waals surface area contributed by atoms with Gasteiger partial charge in [-0.2, -0.15) is 4.31 Å². The van der Waals surface area contributed by atoms with Crippen LogP contribution in [0.1, 0.15) is 37.9 Å².